The van der Waals surface area contributed by atoms with Gasteiger partial charge in [-0.15, -0.1) is 5.10 Å². The van der Waals surface area contributed by atoms with Crippen molar-refractivity contribution in [3.63, 3.8) is 0 Å². The fourth-order valence-electron chi connectivity index (χ4n) is 1.87. The van der Waals surface area contributed by atoms with Crippen LogP contribution in [0.1, 0.15) is 35.4 Å². The van der Waals surface area contributed by atoms with Crippen LogP contribution in [0.25, 0.3) is 0 Å². The van der Waals surface area contributed by atoms with Gasteiger partial charge in [0.05, 0.1) is 22.7 Å². The Kier molecular flexibility index (Phi) is 4.72. The largest absolute Gasteiger partial charge is 0.416 e. The molecule has 2 aromatic rings. The summed E-state index contributed by atoms with van der Waals surface area (Å²) in [6.45, 7) is 2.71. The van der Waals surface area contributed by atoms with Gasteiger partial charge in [0, 0.05) is 0 Å². The fraction of sp³-hybridized carbons (Fsp3) is 0.385. The summed E-state index contributed by atoms with van der Waals surface area (Å²) in [5.74, 6) is 0. The Labute approximate surface area is 119 Å². The van der Waals surface area contributed by atoms with E-state index in [1.165, 1.54) is 23.7 Å². The molecule has 0 saturated heterocycles. The molecule has 1 aromatic heterocycles. The van der Waals surface area contributed by atoms with Crippen LogP contribution in [0.3, 0.4) is 0 Å². The van der Waals surface area contributed by atoms with Crippen molar-refractivity contribution in [3.05, 3.63) is 46.5 Å². The predicted molar refractivity (Wildman–Crippen MR) is 71.5 cm³/mol. The fourth-order valence-corrected chi connectivity index (χ4v) is 2.48. The van der Waals surface area contributed by atoms with Crippen LogP contribution < -0.4 is 5.32 Å². The summed E-state index contributed by atoms with van der Waals surface area (Å²) in [6, 6.07) is 5.05. The lowest BCUT2D eigenvalue weighted by molar-refractivity contribution is -0.137. The van der Waals surface area contributed by atoms with Gasteiger partial charge in [-0.3, -0.25) is 0 Å². The first kappa shape index (κ1) is 14.9. The molecule has 1 heterocycles. The summed E-state index contributed by atoms with van der Waals surface area (Å²) in [6.07, 6.45) is -1.86. The van der Waals surface area contributed by atoms with Crippen LogP contribution in [0.4, 0.5) is 13.2 Å². The van der Waals surface area contributed by atoms with Crippen LogP contribution in [-0.4, -0.2) is 16.1 Å². The Morgan fingerprint density at radius 1 is 1.35 bits per heavy atom. The molecule has 20 heavy (non-hydrogen) atoms. The van der Waals surface area contributed by atoms with Gasteiger partial charge in [-0.1, -0.05) is 23.5 Å². The number of benzene rings is 1. The lowest BCUT2D eigenvalue weighted by Crippen LogP contribution is -2.22. The van der Waals surface area contributed by atoms with Gasteiger partial charge in [-0.2, -0.15) is 13.2 Å². The number of halogens is 3. The third-order valence-corrected chi connectivity index (χ3v) is 3.54. The first-order valence-corrected chi connectivity index (χ1v) is 6.97. The van der Waals surface area contributed by atoms with Gasteiger partial charge in [0.25, 0.3) is 0 Å². The summed E-state index contributed by atoms with van der Waals surface area (Å²) >= 11 is 1.18. The average Bonchev–Trinajstić information content (AvgIpc) is 2.92. The topological polar surface area (TPSA) is 37.8 Å². The second kappa shape index (κ2) is 6.32. The SMILES string of the molecule is CCCNC(c1cccc(C(F)(F)F)c1)c1cnns1. The van der Waals surface area contributed by atoms with E-state index >= 15 is 0 Å². The Morgan fingerprint density at radius 3 is 2.75 bits per heavy atom. The summed E-state index contributed by atoms with van der Waals surface area (Å²) < 4.78 is 42.1. The van der Waals surface area contributed by atoms with E-state index in [2.05, 4.69) is 14.9 Å². The summed E-state index contributed by atoms with van der Waals surface area (Å²) in [5, 5.41) is 6.98. The van der Waals surface area contributed by atoms with Crippen LogP contribution in [0.15, 0.2) is 30.5 Å². The predicted octanol–water partition coefficient (Wildman–Crippen LogP) is 3.65. The lowest BCUT2D eigenvalue weighted by Gasteiger charge is -2.18. The molecule has 1 N–H and O–H groups in total. The van der Waals surface area contributed by atoms with Gasteiger partial charge in [0.1, 0.15) is 0 Å². The van der Waals surface area contributed by atoms with Gasteiger partial charge in [-0.05, 0) is 42.2 Å². The van der Waals surface area contributed by atoms with E-state index in [9.17, 15) is 13.2 Å². The van der Waals surface area contributed by atoms with Crippen molar-refractivity contribution in [1.82, 2.24) is 14.9 Å². The Balaban J connectivity index is 2.34. The molecule has 3 nitrogen and oxygen atoms in total. The van der Waals surface area contributed by atoms with E-state index in [0.29, 0.717) is 12.1 Å². The van der Waals surface area contributed by atoms with E-state index in [-0.39, 0.29) is 6.04 Å². The molecule has 2 rings (SSSR count). The smallest absolute Gasteiger partial charge is 0.305 e. The molecular weight excluding hydrogens is 287 g/mol. The number of rotatable bonds is 5. The van der Waals surface area contributed by atoms with E-state index in [1.807, 2.05) is 6.92 Å². The third-order valence-electron chi connectivity index (χ3n) is 2.81. The van der Waals surface area contributed by atoms with Gasteiger partial charge >= 0.3 is 6.18 Å². The molecular formula is C13H14F3N3S. The monoisotopic (exact) mass is 301 g/mol. The molecule has 1 unspecified atom stereocenters. The van der Waals surface area contributed by atoms with E-state index in [0.717, 1.165) is 17.4 Å². The maximum Gasteiger partial charge on any atom is 0.416 e. The molecule has 1 aromatic carbocycles. The molecule has 0 saturated carbocycles. The number of alkyl halides is 3. The maximum absolute atomic E-state index is 12.8. The number of aromatic nitrogens is 2. The molecule has 0 radical (unpaired) electrons. The number of nitrogens with one attached hydrogen (secondary N) is 1. The molecule has 0 bridgehead atoms. The zero-order valence-corrected chi connectivity index (χ0v) is 11.6. The molecule has 0 fully saturated rings. The summed E-state index contributed by atoms with van der Waals surface area (Å²) in [7, 11) is 0. The zero-order chi connectivity index (χ0) is 14.6. The molecule has 0 amide bonds. The van der Waals surface area contributed by atoms with Crippen LogP contribution in [0.5, 0.6) is 0 Å². The highest BCUT2D eigenvalue weighted by molar-refractivity contribution is 7.05. The first-order valence-electron chi connectivity index (χ1n) is 6.20. The van der Waals surface area contributed by atoms with Gasteiger partial charge in [0.2, 0.25) is 0 Å². The van der Waals surface area contributed by atoms with Crippen molar-refractivity contribution < 1.29 is 13.2 Å². The summed E-state index contributed by atoms with van der Waals surface area (Å²) in [5.41, 5.74) is -0.0740. The summed E-state index contributed by atoms with van der Waals surface area (Å²) in [4.78, 5) is 0.803. The van der Waals surface area contributed by atoms with Crippen molar-refractivity contribution in [3.8, 4) is 0 Å². The van der Waals surface area contributed by atoms with Gasteiger partial charge in [0.15, 0.2) is 0 Å². The number of hydrogen-bond donors (Lipinski definition) is 1. The Bertz CT molecular complexity index is 540. The molecule has 0 aliphatic heterocycles. The molecule has 108 valence electrons. The van der Waals surface area contributed by atoms with Crippen molar-refractivity contribution in [2.45, 2.75) is 25.6 Å². The van der Waals surface area contributed by atoms with Crippen LogP contribution in [0, 0.1) is 0 Å². The van der Waals surface area contributed by atoms with Gasteiger partial charge < -0.3 is 5.32 Å². The average molecular weight is 301 g/mol. The van der Waals surface area contributed by atoms with Crippen LogP contribution in [-0.2, 0) is 6.18 Å². The maximum atomic E-state index is 12.8. The van der Waals surface area contributed by atoms with E-state index < -0.39 is 11.7 Å². The van der Waals surface area contributed by atoms with Crippen molar-refractivity contribution in [2.24, 2.45) is 0 Å². The van der Waals surface area contributed by atoms with E-state index in [4.69, 9.17) is 0 Å². The minimum absolute atomic E-state index is 0.308. The minimum atomic E-state index is -4.34. The van der Waals surface area contributed by atoms with Crippen LogP contribution in [0.2, 0.25) is 0 Å². The lowest BCUT2D eigenvalue weighted by atomic mass is 10.0. The zero-order valence-electron chi connectivity index (χ0n) is 10.8. The highest BCUT2D eigenvalue weighted by Gasteiger charge is 2.31. The second-order valence-electron chi connectivity index (χ2n) is 4.33. The third kappa shape index (κ3) is 3.55. The highest BCUT2D eigenvalue weighted by Crippen LogP contribution is 2.32. The number of nitrogens with zero attached hydrogens (tertiary/aromatic N) is 2. The quantitative estimate of drug-likeness (QED) is 0.916. The van der Waals surface area contributed by atoms with Crippen molar-refractivity contribution >= 4 is 11.5 Å². The standard InChI is InChI=1S/C13H14F3N3S/c1-2-6-17-12(11-8-18-19-20-11)9-4-3-5-10(7-9)13(14,15)16/h3-5,7-8,12,17H,2,6H2,1H3. The van der Waals surface area contributed by atoms with Crippen molar-refractivity contribution in [1.29, 1.82) is 0 Å². The van der Waals surface area contributed by atoms with E-state index in [1.54, 1.807) is 12.3 Å². The highest BCUT2D eigenvalue weighted by atomic mass is 32.1. The van der Waals surface area contributed by atoms with Gasteiger partial charge in [-0.25, -0.2) is 0 Å². The van der Waals surface area contributed by atoms with Crippen molar-refractivity contribution in [2.75, 3.05) is 6.54 Å². The molecule has 0 aliphatic carbocycles. The second-order valence-corrected chi connectivity index (χ2v) is 5.15. The first-order chi connectivity index (χ1) is 9.52. The molecule has 1 atom stereocenters. The number of hydrogen-bond acceptors (Lipinski definition) is 4. The molecule has 0 spiro atoms. The minimum Gasteiger partial charge on any atom is -0.305 e. The Morgan fingerprint density at radius 2 is 2.15 bits per heavy atom. The van der Waals surface area contributed by atoms with Crippen LogP contribution >= 0.6 is 11.5 Å². The normalized spacial score (nSPS) is 13.4. The molecule has 7 heteroatoms. The molecule has 0 aliphatic rings. The Hall–Kier alpha value is -1.47.